The van der Waals surface area contributed by atoms with E-state index in [1.807, 2.05) is 101 Å². The van der Waals surface area contributed by atoms with Gasteiger partial charge in [-0.15, -0.1) is 21.5 Å². The summed E-state index contributed by atoms with van der Waals surface area (Å²) in [5, 5.41) is 14.5. The Labute approximate surface area is 211 Å². The molecular formula is C27H22N4O2S2. The van der Waals surface area contributed by atoms with E-state index in [9.17, 15) is 4.79 Å². The molecule has 0 unspecified atom stereocenters. The molecule has 0 saturated heterocycles. The van der Waals surface area contributed by atoms with E-state index >= 15 is 0 Å². The lowest BCUT2D eigenvalue weighted by Crippen LogP contribution is -2.15. The normalized spacial score (nSPS) is 10.8. The van der Waals surface area contributed by atoms with Crippen molar-refractivity contribution < 1.29 is 9.53 Å². The summed E-state index contributed by atoms with van der Waals surface area (Å²) >= 11 is 2.94. The standard InChI is InChI=1S/C27H22N4O2S2/c1-33-21-15-13-20(14-16-21)31-26(24-12-7-17-34-24)29-30-27(31)35-18-25(32)28-23-11-6-5-10-22(23)19-8-3-2-4-9-19/h2-17H,18H2,1H3,(H,28,32). The predicted molar refractivity (Wildman–Crippen MR) is 142 cm³/mol. The number of carbonyl (C=O) groups is 1. The summed E-state index contributed by atoms with van der Waals surface area (Å²) in [5.41, 5.74) is 3.71. The summed E-state index contributed by atoms with van der Waals surface area (Å²) in [4.78, 5) is 13.9. The van der Waals surface area contributed by atoms with E-state index in [0.29, 0.717) is 5.16 Å². The first-order valence-corrected chi connectivity index (χ1v) is 12.8. The van der Waals surface area contributed by atoms with Gasteiger partial charge in [-0.05, 0) is 47.3 Å². The number of hydrogen-bond donors (Lipinski definition) is 1. The minimum Gasteiger partial charge on any atom is -0.497 e. The molecule has 0 spiro atoms. The summed E-state index contributed by atoms with van der Waals surface area (Å²) in [7, 11) is 1.64. The molecule has 0 bridgehead atoms. The molecule has 5 rings (SSSR count). The second-order valence-electron chi connectivity index (χ2n) is 7.57. The number of hydrogen-bond acceptors (Lipinski definition) is 6. The highest BCUT2D eigenvalue weighted by Crippen LogP contribution is 2.32. The van der Waals surface area contributed by atoms with Gasteiger partial charge in [0.2, 0.25) is 5.91 Å². The fraction of sp³-hybridized carbons (Fsp3) is 0.0741. The smallest absolute Gasteiger partial charge is 0.234 e. The molecule has 5 aromatic rings. The van der Waals surface area contributed by atoms with Gasteiger partial charge < -0.3 is 10.1 Å². The third kappa shape index (κ3) is 5.13. The number of anilines is 1. The van der Waals surface area contributed by atoms with E-state index in [2.05, 4.69) is 15.5 Å². The highest BCUT2D eigenvalue weighted by Gasteiger charge is 2.18. The van der Waals surface area contributed by atoms with E-state index in [0.717, 1.165) is 39.0 Å². The number of rotatable bonds is 8. The Hall–Kier alpha value is -3.88. The zero-order valence-corrected chi connectivity index (χ0v) is 20.6. The monoisotopic (exact) mass is 498 g/mol. The second kappa shape index (κ2) is 10.6. The maximum absolute atomic E-state index is 12.9. The van der Waals surface area contributed by atoms with E-state index < -0.39 is 0 Å². The minimum absolute atomic E-state index is 0.111. The number of para-hydroxylation sites is 1. The zero-order valence-electron chi connectivity index (χ0n) is 18.9. The number of thioether (sulfide) groups is 1. The van der Waals surface area contributed by atoms with Gasteiger partial charge in [-0.1, -0.05) is 66.4 Å². The Morgan fingerprint density at radius 3 is 2.46 bits per heavy atom. The van der Waals surface area contributed by atoms with Gasteiger partial charge in [0.15, 0.2) is 11.0 Å². The molecule has 6 nitrogen and oxygen atoms in total. The van der Waals surface area contributed by atoms with Gasteiger partial charge in [-0.3, -0.25) is 9.36 Å². The number of ether oxygens (including phenoxy) is 1. The molecule has 0 aliphatic carbocycles. The van der Waals surface area contributed by atoms with Crippen LogP contribution in [0.3, 0.4) is 0 Å². The number of thiophene rings is 1. The van der Waals surface area contributed by atoms with Crippen molar-refractivity contribution in [2.45, 2.75) is 5.16 Å². The first kappa shape index (κ1) is 22.9. The Kier molecular flexibility index (Phi) is 6.92. The summed E-state index contributed by atoms with van der Waals surface area (Å²) in [5.74, 6) is 1.59. The number of nitrogens with one attached hydrogen (secondary N) is 1. The maximum Gasteiger partial charge on any atom is 0.234 e. The van der Waals surface area contributed by atoms with Crippen molar-refractivity contribution in [3.8, 4) is 33.3 Å². The van der Waals surface area contributed by atoms with Gasteiger partial charge in [0.25, 0.3) is 0 Å². The number of amides is 1. The fourth-order valence-electron chi connectivity index (χ4n) is 3.67. The number of benzene rings is 3. The van der Waals surface area contributed by atoms with Crippen molar-refractivity contribution in [1.29, 1.82) is 0 Å². The van der Waals surface area contributed by atoms with Crippen LogP contribution < -0.4 is 10.1 Å². The van der Waals surface area contributed by atoms with E-state index in [4.69, 9.17) is 4.74 Å². The Morgan fingerprint density at radius 2 is 1.71 bits per heavy atom. The van der Waals surface area contributed by atoms with Crippen molar-refractivity contribution in [2.24, 2.45) is 0 Å². The largest absolute Gasteiger partial charge is 0.497 e. The van der Waals surface area contributed by atoms with Gasteiger partial charge in [0.05, 0.1) is 23.4 Å². The second-order valence-corrected chi connectivity index (χ2v) is 9.46. The van der Waals surface area contributed by atoms with E-state index in [1.54, 1.807) is 18.4 Å². The third-order valence-corrected chi connectivity index (χ3v) is 7.12. The van der Waals surface area contributed by atoms with Crippen LogP contribution in [-0.4, -0.2) is 33.5 Å². The van der Waals surface area contributed by atoms with Crippen molar-refractivity contribution in [1.82, 2.24) is 14.8 Å². The van der Waals surface area contributed by atoms with Crippen molar-refractivity contribution in [3.63, 3.8) is 0 Å². The minimum atomic E-state index is -0.111. The Balaban J connectivity index is 1.37. The number of aromatic nitrogens is 3. The van der Waals surface area contributed by atoms with E-state index in [1.165, 1.54) is 11.8 Å². The van der Waals surface area contributed by atoms with Gasteiger partial charge in [-0.2, -0.15) is 0 Å². The van der Waals surface area contributed by atoms with Gasteiger partial charge in [0, 0.05) is 11.3 Å². The van der Waals surface area contributed by atoms with Crippen LogP contribution in [0.25, 0.3) is 27.5 Å². The predicted octanol–water partition coefficient (Wildman–Crippen LogP) is 6.40. The lowest BCUT2D eigenvalue weighted by molar-refractivity contribution is -0.113. The van der Waals surface area contributed by atoms with Crippen LogP contribution in [0.2, 0.25) is 0 Å². The van der Waals surface area contributed by atoms with Crippen LogP contribution in [0, 0.1) is 0 Å². The van der Waals surface area contributed by atoms with Crippen LogP contribution >= 0.6 is 23.1 Å². The van der Waals surface area contributed by atoms with Crippen molar-refractivity contribution in [2.75, 3.05) is 18.2 Å². The topological polar surface area (TPSA) is 69.0 Å². The molecule has 3 aromatic carbocycles. The number of carbonyl (C=O) groups excluding carboxylic acids is 1. The molecule has 2 aromatic heterocycles. The summed E-state index contributed by atoms with van der Waals surface area (Å²) < 4.78 is 7.27. The molecule has 35 heavy (non-hydrogen) atoms. The highest BCUT2D eigenvalue weighted by molar-refractivity contribution is 7.99. The summed E-state index contributed by atoms with van der Waals surface area (Å²) in [6.45, 7) is 0. The Morgan fingerprint density at radius 1 is 0.943 bits per heavy atom. The molecule has 0 radical (unpaired) electrons. The van der Waals surface area contributed by atoms with Crippen LogP contribution in [0.4, 0.5) is 5.69 Å². The molecule has 0 aliphatic rings. The molecule has 2 heterocycles. The SMILES string of the molecule is COc1ccc(-n2c(SCC(=O)Nc3ccccc3-c3ccccc3)nnc2-c2cccs2)cc1. The van der Waals surface area contributed by atoms with Gasteiger partial charge >= 0.3 is 0 Å². The fourth-order valence-corrected chi connectivity index (χ4v) is 5.12. The van der Waals surface area contributed by atoms with Gasteiger partial charge in [-0.25, -0.2) is 0 Å². The van der Waals surface area contributed by atoms with Crippen molar-refractivity contribution in [3.05, 3.63) is 96.4 Å². The van der Waals surface area contributed by atoms with Crippen LogP contribution in [-0.2, 0) is 4.79 Å². The summed E-state index contributed by atoms with van der Waals surface area (Å²) in [6.07, 6.45) is 0. The quantitative estimate of drug-likeness (QED) is 0.251. The first-order chi connectivity index (χ1) is 17.2. The maximum atomic E-state index is 12.9. The van der Waals surface area contributed by atoms with Crippen LogP contribution in [0.15, 0.2) is 102 Å². The Bertz CT molecular complexity index is 1420. The molecule has 0 saturated carbocycles. The molecule has 174 valence electrons. The molecule has 0 fully saturated rings. The molecule has 0 aliphatic heterocycles. The number of nitrogens with zero attached hydrogens (tertiary/aromatic N) is 3. The molecule has 0 atom stereocenters. The molecule has 8 heteroatoms. The lowest BCUT2D eigenvalue weighted by atomic mass is 10.0. The summed E-state index contributed by atoms with van der Waals surface area (Å²) in [6, 6.07) is 29.5. The molecule has 1 N–H and O–H groups in total. The molecular weight excluding hydrogens is 476 g/mol. The van der Waals surface area contributed by atoms with Crippen molar-refractivity contribution >= 4 is 34.7 Å². The average Bonchev–Trinajstić information content (AvgIpc) is 3.58. The number of methoxy groups -OCH3 is 1. The van der Waals surface area contributed by atoms with E-state index in [-0.39, 0.29) is 11.7 Å². The first-order valence-electron chi connectivity index (χ1n) is 10.9. The highest BCUT2D eigenvalue weighted by atomic mass is 32.2. The lowest BCUT2D eigenvalue weighted by Gasteiger charge is -2.12. The third-order valence-electron chi connectivity index (χ3n) is 5.32. The van der Waals surface area contributed by atoms with Gasteiger partial charge in [0.1, 0.15) is 5.75 Å². The molecule has 1 amide bonds. The van der Waals surface area contributed by atoms with Crippen LogP contribution in [0.1, 0.15) is 0 Å². The average molecular weight is 499 g/mol. The zero-order chi connectivity index (χ0) is 24.0. The van der Waals surface area contributed by atoms with Crippen LogP contribution in [0.5, 0.6) is 5.75 Å².